The van der Waals surface area contributed by atoms with Gasteiger partial charge in [-0.3, -0.25) is 14.4 Å². The van der Waals surface area contributed by atoms with Gasteiger partial charge in [-0.05, 0) is 70.6 Å². The summed E-state index contributed by atoms with van der Waals surface area (Å²) in [7, 11) is 0. The van der Waals surface area contributed by atoms with E-state index in [1.165, 1.54) is 186 Å². The fourth-order valence-corrected chi connectivity index (χ4v) is 8.30. The SMILES string of the molecule is CCC/C=C\CCCCCCCC(=O)OCC(COC(=O)CCCCCCCCCCC/C=C\C/C=C\CCCCCCC)OC(=O)CCCCCCCCCCCCCCCCCC. The van der Waals surface area contributed by atoms with Crippen LogP contribution in [0.5, 0.6) is 0 Å². The van der Waals surface area contributed by atoms with Gasteiger partial charge in [-0.1, -0.05) is 250 Å². The maximum atomic E-state index is 12.8. The lowest BCUT2D eigenvalue weighted by Gasteiger charge is -2.18. The van der Waals surface area contributed by atoms with Crippen molar-refractivity contribution in [1.29, 1.82) is 0 Å². The van der Waals surface area contributed by atoms with E-state index >= 15 is 0 Å². The standard InChI is InChI=1S/C59H108O6/c1-4-7-10-13-16-19-22-24-26-28-29-30-31-32-34-35-37-40-43-46-49-52-58(61)64-55-56(54-63-57(60)51-48-45-42-39-21-18-15-12-9-6-3)65-59(62)53-50-47-44-41-38-36-33-27-25-23-20-17-14-11-8-5-2/h12,15,22,24,28-29,56H,4-11,13-14,16-21,23,25-27,30-55H2,1-3H3/b15-12-,24-22-,29-28-. The second-order valence-electron chi connectivity index (χ2n) is 19.2. The predicted octanol–water partition coefficient (Wildman–Crippen LogP) is 18.9. The normalized spacial score (nSPS) is 12.2. The molecule has 0 aliphatic rings. The molecule has 65 heavy (non-hydrogen) atoms. The van der Waals surface area contributed by atoms with Gasteiger partial charge in [0, 0.05) is 19.3 Å². The lowest BCUT2D eigenvalue weighted by atomic mass is 10.0. The molecule has 0 fully saturated rings. The van der Waals surface area contributed by atoms with Crippen molar-refractivity contribution in [2.75, 3.05) is 13.2 Å². The third kappa shape index (κ3) is 52.5. The van der Waals surface area contributed by atoms with Crippen LogP contribution in [0, 0.1) is 0 Å². The maximum absolute atomic E-state index is 12.8. The lowest BCUT2D eigenvalue weighted by Crippen LogP contribution is -2.30. The van der Waals surface area contributed by atoms with E-state index in [1.54, 1.807) is 0 Å². The van der Waals surface area contributed by atoms with Crippen molar-refractivity contribution in [2.45, 2.75) is 309 Å². The highest BCUT2D eigenvalue weighted by Crippen LogP contribution is 2.16. The van der Waals surface area contributed by atoms with Crippen LogP contribution < -0.4 is 0 Å². The zero-order valence-electron chi connectivity index (χ0n) is 43.5. The molecule has 0 saturated carbocycles. The lowest BCUT2D eigenvalue weighted by molar-refractivity contribution is -0.167. The Kier molecular flexibility index (Phi) is 52.3. The average Bonchev–Trinajstić information content (AvgIpc) is 3.30. The largest absolute Gasteiger partial charge is 0.462 e. The van der Waals surface area contributed by atoms with Crippen molar-refractivity contribution in [1.82, 2.24) is 0 Å². The quantitative estimate of drug-likeness (QED) is 0.0262. The fraction of sp³-hybridized carbons (Fsp3) is 0.847. The predicted molar refractivity (Wildman–Crippen MR) is 279 cm³/mol. The van der Waals surface area contributed by atoms with Crippen LogP contribution in [0.25, 0.3) is 0 Å². The summed E-state index contributed by atoms with van der Waals surface area (Å²) in [6.07, 6.45) is 64.2. The van der Waals surface area contributed by atoms with Gasteiger partial charge < -0.3 is 14.2 Å². The Balaban J connectivity index is 4.26. The number of esters is 3. The summed E-state index contributed by atoms with van der Waals surface area (Å²) in [5.74, 6) is -0.873. The van der Waals surface area contributed by atoms with Crippen LogP contribution in [0.3, 0.4) is 0 Å². The molecule has 0 aromatic rings. The Morgan fingerprint density at radius 1 is 0.308 bits per heavy atom. The van der Waals surface area contributed by atoms with Crippen LogP contribution in [0.15, 0.2) is 36.5 Å². The van der Waals surface area contributed by atoms with Crippen molar-refractivity contribution in [2.24, 2.45) is 0 Å². The Bertz CT molecular complexity index is 1090. The second-order valence-corrected chi connectivity index (χ2v) is 19.2. The molecular formula is C59H108O6. The van der Waals surface area contributed by atoms with E-state index in [9.17, 15) is 14.4 Å². The Morgan fingerprint density at radius 3 is 0.923 bits per heavy atom. The Hall–Kier alpha value is -2.37. The van der Waals surface area contributed by atoms with Crippen LogP contribution in [0.4, 0.5) is 0 Å². The molecule has 6 nitrogen and oxygen atoms in total. The molecule has 0 amide bonds. The van der Waals surface area contributed by atoms with E-state index in [-0.39, 0.29) is 31.1 Å². The second kappa shape index (κ2) is 54.2. The van der Waals surface area contributed by atoms with Crippen LogP contribution in [-0.2, 0) is 28.6 Å². The van der Waals surface area contributed by atoms with E-state index in [1.807, 2.05) is 0 Å². The van der Waals surface area contributed by atoms with E-state index in [4.69, 9.17) is 14.2 Å². The first-order valence-electron chi connectivity index (χ1n) is 28.5. The summed E-state index contributed by atoms with van der Waals surface area (Å²) in [5, 5.41) is 0. The van der Waals surface area contributed by atoms with Gasteiger partial charge in [-0.2, -0.15) is 0 Å². The number of unbranched alkanes of at least 4 members (excludes halogenated alkanes) is 35. The van der Waals surface area contributed by atoms with Crippen molar-refractivity contribution in [3.8, 4) is 0 Å². The number of hydrogen-bond acceptors (Lipinski definition) is 6. The molecular weight excluding hydrogens is 805 g/mol. The van der Waals surface area contributed by atoms with Gasteiger partial charge in [0.1, 0.15) is 13.2 Å². The van der Waals surface area contributed by atoms with Gasteiger partial charge in [0.25, 0.3) is 0 Å². The first-order chi connectivity index (χ1) is 32.0. The third-order valence-corrected chi connectivity index (χ3v) is 12.6. The topological polar surface area (TPSA) is 78.9 Å². The molecule has 0 rings (SSSR count). The van der Waals surface area contributed by atoms with Gasteiger partial charge in [0.2, 0.25) is 0 Å². The van der Waals surface area contributed by atoms with Crippen LogP contribution in [0.2, 0.25) is 0 Å². The molecule has 380 valence electrons. The molecule has 0 spiro atoms. The summed E-state index contributed by atoms with van der Waals surface area (Å²) >= 11 is 0. The van der Waals surface area contributed by atoms with Gasteiger partial charge in [-0.15, -0.1) is 0 Å². The number of rotatable bonds is 52. The average molecular weight is 914 g/mol. The summed E-state index contributed by atoms with van der Waals surface area (Å²) in [6, 6.07) is 0. The smallest absolute Gasteiger partial charge is 0.306 e. The molecule has 0 bridgehead atoms. The summed E-state index contributed by atoms with van der Waals surface area (Å²) in [5.41, 5.74) is 0. The molecule has 6 heteroatoms. The number of allylic oxidation sites excluding steroid dienone is 6. The maximum Gasteiger partial charge on any atom is 0.306 e. The zero-order valence-corrected chi connectivity index (χ0v) is 43.5. The molecule has 0 aromatic heterocycles. The van der Waals surface area contributed by atoms with E-state index in [2.05, 4.69) is 57.2 Å². The monoisotopic (exact) mass is 913 g/mol. The Labute approximate surface area is 404 Å². The van der Waals surface area contributed by atoms with Crippen LogP contribution in [-0.4, -0.2) is 37.2 Å². The van der Waals surface area contributed by atoms with Crippen molar-refractivity contribution < 1.29 is 28.6 Å². The van der Waals surface area contributed by atoms with E-state index in [0.717, 1.165) is 77.0 Å². The summed E-state index contributed by atoms with van der Waals surface area (Å²) < 4.78 is 16.8. The van der Waals surface area contributed by atoms with Crippen LogP contribution in [0.1, 0.15) is 303 Å². The highest BCUT2D eigenvalue weighted by molar-refractivity contribution is 5.71. The third-order valence-electron chi connectivity index (χ3n) is 12.6. The molecule has 1 unspecified atom stereocenters. The van der Waals surface area contributed by atoms with E-state index in [0.29, 0.717) is 19.3 Å². The van der Waals surface area contributed by atoms with Gasteiger partial charge in [0.15, 0.2) is 6.10 Å². The van der Waals surface area contributed by atoms with Gasteiger partial charge in [0.05, 0.1) is 0 Å². The number of carbonyl (C=O) groups is 3. The molecule has 0 heterocycles. The first kappa shape index (κ1) is 62.6. The molecule has 1 atom stereocenters. The van der Waals surface area contributed by atoms with Crippen molar-refractivity contribution >= 4 is 17.9 Å². The minimum atomic E-state index is -0.773. The highest BCUT2D eigenvalue weighted by Gasteiger charge is 2.19. The zero-order chi connectivity index (χ0) is 47.2. The van der Waals surface area contributed by atoms with Crippen molar-refractivity contribution in [3.05, 3.63) is 36.5 Å². The van der Waals surface area contributed by atoms with E-state index < -0.39 is 6.10 Å². The van der Waals surface area contributed by atoms with Crippen molar-refractivity contribution in [3.63, 3.8) is 0 Å². The molecule has 0 aromatic carbocycles. The molecule has 0 aliphatic heterocycles. The fourth-order valence-electron chi connectivity index (χ4n) is 8.30. The summed E-state index contributed by atoms with van der Waals surface area (Å²) in [4.78, 5) is 38.0. The van der Waals surface area contributed by atoms with Gasteiger partial charge in [-0.25, -0.2) is 0 Å². The molecule has 0 saturated heterocycles. The van der Waals surface area contributed by atoms with Crippen LogP contribution >= 0.6 is 0 Å². The summed E-state index contributed by atoms with van der Waals surface area (Å²) in [6.45, 7) is 6.59. The first-order valence-corrected chi connectivity index (χ1v) is 28.5. The molecule has 0 radical (unpaired) electrons. The molecule has 0 N–H and O–H groups in total. The molecule has 0 aliphatic carbocycles. The minimum absolute atomic E-state index is 0.0738. The minimum Gasteiger partial charge on any atom is -0.462 e. The highest BCUT2D eigenvalue weighted by atomic mass is 16.6. The van der Waals surface area contributed by atoms with Gasteiger partial charge >= 0.3 is 17.9 Å². The number of ether oxygens (including phenoxy) is 3. The number of hydrogen-bond donors (Lipinski definition) is 0. The number of carbonyl (C=O) groups excluding carboxylic acids is 3. The Morgan fingerprint density at radius 2 is 0.585 bits per heavy atom.